The highest BCUT2D eigenvalue weighted by molar-refractivity contribution is 8.03. The van der Waals surface area contributed by atoms with E-state index in [9.17, 15) is 0 Å². The highest BCUT2D eigenvalue weighted by atomic mass is 35.5. The molecule has 0 bridgehead atoms. The summed E-state index contributed by atoms with van der Waals surface area (Å²) in [4.78, 5) is 0. The Balaban J connectivity index is 2.48. The highest BCUT2D eigenvalue weighted by Crippen LogP contribution is 2.17. The first-order valence-corrected chi connectivity index (χ1v) is 4.58. The molecule has 0 aliphatic rings. The molecule has 0 amide bonds. The number of nitrogens with zero attached hydrogens (tertiary/aromatic N) is 1. The van der Waals surface area contributed by atoms with Crippen molar-refractivity contribution < 1.29 is 4.74 Å². The van der Waals surface area contributed by atoms with Crippen LogP contribution in [0, 0.1) is 10.7 Å². The third-order valence-corrected chi connectivity index (χ3v) is 1.75. The van der Waals surface area contributed by atoms with E-state index < -0.39 is 0 Å². The van der Waals surface area contributed by atoms with Gasteiger partial charge in [0.25, 0.3) is 0 Å². The van der Waals surface area contributed by atoms with E-state index in [1.165, 1.54) is 0 Å². The van der Waals surface area contributed by atoms with Crippen molar-refractivity contribution in [2.45, 2.75) is 0 Å². The van der Waals surface area contributed by atoms with E-state index in [1.807, 2.05) is 5.40 Å². The second-order valence-corrected chi connectivity index (χ2v) is 3.10. The number of nitriles is 1. The Morgan fingerprint density at radius 3 is 3.08 bits per heavy atom. The summed E-state index contributed by atoms with van der Waals surface area (Å²) in [7, 11) is 0. The van der Waals surface area contributed by atoms with E-state index in [0.29, 0.717) is 16.7 Å². The zero-order valence-corrected chi connectivity index (χ0v) is 7.73. The largest absolute Gasteiger partial charge is 0.482 e. The summed E-state index contributed by atoms with van der Waals surface area (Å²) in [5, 5.41) is 10.8. The summed E-state index contributed by atoms with van der Waals surface area (Å²) < 4.78 is 5.18. The van der Waals surface area contributed by atoms with Crippen LogP contribution >= 0.6 is 23.4 Å². The number of thioether (sulfide) groups is 1. The fourth-order valence-corrected chi connectivity index (χ4v) is 1.11. The molecule has 0 saturated carbocycles. The maximum absolute atomic E-state index is 8.21. The number of rotatable bonds is 3. The minimum atomic E-state index is 0.330. The van der Waals surface area contributed by atoms with Gasteiger partial charge in [-0.3, -0.25) is 0 Å². The van der Waals surface area contributed by atoms with E-state index in [-0.39, 0.29) is 0 Å². The molecule has 0 fully saturated rings. The molecule has 0 aliphatic heterocycles. The summed E-state index contributed by atoms with van der Waals surface area (Å²) >= 11 is 6.75. The summed E-state index contributed by atoms with van der Waals surface area (Å²) in [6.07, 6.45) is 0. The molecular formula is C8H6ClNOS. The Morgan fingerprint density at radius 1 is 1.58 bits per heavy atom. The molecule has 0 aliphatic carbocycles. The average Bonchev–Trinajstić information content (AvgIpc) is 2.05. The molecule has 0 spiro atoms. The average molecular weight is 200 g/mol. The third-order valence-electron chi connectivity index (χ3n) is 1.15. The van der Waals surface area contributed by atoms with Gasteiger partial charge in [0, 0.05) is 5.02 Å². The van der Waals surface area contributed by atoms with Crippen molar-refractivity contribution >= 4 is 23.4 Å². The maximum Gasteiger partial charge on any atom is 0.147 e. The predicted octanol–water partition coefficient (Wildman–Crippen LogP) is 2.89. The first-order chi connectivity index (χ1) is 5.83. The minimum Gasteiger partial charge on any atom is -0.482 e. The molecular weight excluding hydrogens is 194 g/mol. The van der Waals surface area contributed by atoms with Crippen LogP contribution in [0.15, 0.2) is 24.3 Å². The summed E-state index contributed by atoms with van der Waals surface area (Å²) in [6.45, 7) is 0. The van der Waals surface area contributed by atoms with Crippen LogP contribution in [0.5, 0.6) is 5.75 Å². The Kier molecular flexibility index (Phi) is 3.78. The second-order valence-electron chi connectivity index (χ2n) is 1.96. The van der Waals surface area contributed by atoms with Crippen LogP contribution in [0.1, 0.15) is 0 Å². The smallest absolute Gasteiger partial charge is 0.147 e. The molecule has 1 aromatic carbocycles. The lowest BCUT2D eigenvalue weighted by molar-refractivity contribution is 0.394. The van der Waals surface area contributed by atoms with Crippen LogP contribution in [-0.2, 0) is 0 Å². The first-order valence-electron chi connectivity index (χ1n) is 3.22. The second kappa shape index (κ2) is 4.91. The molecule has 62 valence electrons. The van der Waals surface area contributed by atoms with E-state index >= 15 is 0 Å². The van der Waals surface area contributed by atoms with Crippen molar-refractivity contribution in [2.75, 3.05) is 5.94 Å². The van der Waals surface area contributed by atoms with Gasteiger partial charge in [-0.2, -0.15) is 5.26 Å². The Labute approximate surface area is 80.1 Å². The number of thiocyanates is 1. The van der Waals surface area contributed by atoms with E-state index in [0.717, 1.165) is 11.8 Å². The number of hydrogen-bond donors (Lipinski definition) is 0. The van der Waals surface area contributed by atoms with Crippen LogP contribution < -0.4 is 4.74 Å². The van der Waals surface area contributed by atoms with E-state index in [2.05, 4.69) is 0 Å². The molecule has 0 heterocycles. The van der Waals surface area contributed by atoms with Crippen molar-refractivity contribution in [1.29, 1.82) is 5.26 Å². The molecule has 0 unspecified atom stereocenters. The zero-order chi connectivity index (χ0) is 8.81. The monoisotopic (exact) mass is 199 g/mol. The lowest BCUT2D eigenvalue weighted by Crippen LogP contribution is -1.90. The molecule has 12 heavy (non-hydrogen) atoms. The number of ether oxygens (including phenoxy) is 1. The summed E-state index contributed by atoms with van der Waals surface area (Å²) in [5.41, 5.74) is 0. The van der Waals surface area contributed by atoms with Gasteiger partial charge in [-0.05, 0) is 30.0 Å². The normalized spacial score (nSPS) is 9.00. The van der Waals surface area contributed by atoms with Crippen molar-refractivity contribution in [3.63, 3.8) is 0 Å². The molecule has 1 rings (SSSR count). The lowest BCUT2D eigenvalue weighted by atomic mass is 10.3. The topological polar surface area (TPSA) is 33.0 Å². The lowest BCUT2D eigenvalue weighted by Gasteiger charge is -2.01. The van der Waals surface area contributed by atoms with Gasteiger partial charge in [0.05, 0.1) is 0 Å². The molecule has 0 aromatic heterocycles. The molecule has 0 N–H and O–H groups in total. The van der Waals surface area contributed by atoms with Gasteiger partial charge in [-0.25, -0.2) is 0 Å². The van der Waals surface area contributed by atoms with E-state index in [1.54, 1.807) is 24.3 Å². The Morgan fingerprint density at radius 2 is 2.42 bits per heavy atom. The first kappa shape index (κ1) is 9.24. The number of benzene rings is 1. The molecule has 0 saturated heterocycles. The fourth-order valence-electron chi connectivity index (χ4n) is 0.681. The standard InChI is InChI=1S/C8H6ClNOS/c9-7-2-1-3-8(4-7)11-6-12-5-10/h1-4H,6H2. The molecule has 0 atom stereocenters. The van der Waals surface area contributed by atoms with Crippen molar-refractivity contribution in [1.82, 2.24) is 0 Å². The van der Waals surface area contributed by atoms with E-state index in [4.69, 9.17) is 21.6 Å². The van der Waals surface area contributed by atoms with Gasteiger partial charge in [-0.1, -0.05) is 17.7 Å². The van der Waals surface area contributed by atoms with Gasteiger partial charge >= 0.3 is 0 Å². The van der Waals surface area contributed by atoms with Gasteiger partial charge in [0.15, 0.2) is 0 Å². The highest BCUT2D eigenvalue weighted by Gasteiger charge is 1.93. The molecule has 0 radical (unpaired) electrons. The van der Waals surface area contributed by atoms with Crippen LogP contribution in [0.4, 0.5) is 0 Å². The van der Waals surface area contributed by atoms with Crippen LogP contribution in [0.25, 0.3) is 0 Å². The van der Waals surface area contributed by atoms with Crippen molar-refractivity contribution in [3.05, 3.63) is 29.3 Å². The van der Waals surface area contributed by atoms with Crippen molar-refractivity contribution in [2.24, 2.45) is 0 Å². The summed E-state index contributed by atoms with van der Waals surface area (Å²) in [6, 6.07) is 7.07. The molecule has 4 heteroatoms. The van der Waals surface area contributed by atoms with Crippen LogP contribution in [-0.4, -0.2) is 5.94 Å². The Hall–Kier alpha value is -0.850. The van der Waals surface area contributed by atoms with Gasteiger partial charge in [0.1, 0.15) is 17.1 Å². The number of hydrogen-bond acceptors (Lipinski definition) is 3. The Bertz CT molecular complexity index is 297. The van der Waals surface area contributed by atoms with Gasteiger partial charge in [-0.15, -0.1) is 0 Å². The summed E-state index contributed by atoms with van der Waals surface area (Å²) in [5.74, 6) is 1.02. The van der Waals surface area contributed by atoms with Gasteiger partial charge in [0.2, 0.25) is 0 Å². The molecule has 1 aromatic rings. The van der Waals surface area contributed by atoms with Crippen LogP contribution in [0.2, 0.25) is 5.02 Å². The van der Waals surface area contributed by atoms with Crippen molar-refractivity contribution in [3.8, 4) is 11.2 Å². The van der Waals surface area contributed by atoms with Crippen LogP contribution in [0.3, 0.4) is 0 Å². The fraction of sp³-hybridized carbons (Fsp3) is 0.125. The number of halogens is 1. The third kappa shape index (κ3) is 3.04. The quantitative estimate of drug-likeness (QED) is 0.426. The molecule has 2 nitrogen and oxygen atoms in total. The zero-order valence-electron chi connectivity index (χ0n) is 6.16. The van der Waals surface area contributed by atoms with Gasteiger partial charge < -0.3 is 4.74 Å². The maximum atomic E-state index is 8.21. The SMILES string of the molecule is N#CSCOc1cccc(Cl)c1. The minimum absolute atomic E-state index is 0.330. The predicted molar refractivity (Wildman–Crippen MR) is 50.2 cm³/mol.